The van der Waals surface area contributed by atoms with Crippen LogP contribution in [0.1, 0.15) is 82.6 Å². The average molecular weight is 397 g/mol. The molecule has 1 amide bonds. The third-order valence-corrected chi connectivity index (χ3v) is 6.91. The highest BCUT2D eigenvalue weighted by Crippen LogP contribution is 2.47. The van der Waals surface area contributed by atoms with E-state index in [9.17, 15) is 14.7 Å². The number of rotatable bonds is 10. The van der Waals surface area contributed by atoms with Gasteiger partial charge in [-0.2, -0.15) is 0 Å². The number of aliphatic hydroxyl groups is 1. The maximum Gasteiger partial charge on any atom is 0.244 e. The van der Waals surface area contributed by atoms with E-state index in [-0.39, 0.29) is 28.4 Å². The molecule has 28 heavy (non-hydrogen) atoms. The largest absolute Gasteiger partial charge is 0.391 e. The summed E-state index contributed by atoms with van der Waals surface area (Å²) in [6.07, 6.45) is 1.75. The number of allylic oxidation sites excluding steroid dienone is 1. The van der Waals surface area contributed by atoms with E-state index >= 15 is 0 Å². The van der Waals surface area contributed by atoms with E-state index in [0.717, 1.165) is 5.57 Å². The number of hydrogen-bond donors (Lipinski definition) is 3. The number of carbonyl (C=O) groups is 2. The Labute approximate surface area is 172 Å². The van der Waals surface area contributed by atoms with Crippen molar-refractivity contribution >= 4 is 11.7 Å². The zero-order valence-corrected chi connectivity index (χ0v) is 20.2. The number of aliphatic hydroxyl groups excluding tert-OH is 1. The molecule has 0 aromatic heterocycles. The summed E-state index contributed by atoms with van der Waals surface area (Å²) in [5.41, 5.74) is -1.20. The van der Waals surface area contributed by atoms with Crippen LogP contribution in [0.2, 0.25) is 0 Å². The van der Waals surface area contributed by atoms with Crippen LogP contribution >= 0.6 is 0 Å². The molecule has 0 aromatic rings. The third kappa shape index (κ3) is 6.15. The fourth-order valence-corrected chi connectivity index (χ4v) is 2.79. The summed E-state index contributed by atoms with van der Waals surface area (Å²) in [6.45, 7) is 21.4. The monoisotopic (exact) mass is 396 g/mol. The molecule has 0 aliphatic rings. The second-order valence-corrected chi connectivity index (χ2v) is 10.4. The van der Waals surface area contributed by atoms with Gasteiger partial charge in [-0.1, -0.05) is 53.2 Å². The Morgan fingerprint density at radius 2 is 1.46 bits per heavy atom. The molecule has 0 aliphatic heterocycles. The van der Waals surface area contributed by atoms with Gasteiger partial charge < -0.3 is 15.7 Å². The van der Waals surface area contributed by atoms with Crippen LogP contribution in [0.5, 0.6) is 0 Å². The number of nitrogens with one attached hydrogen (secondary N) is 2. The maximum absolute atomic E-state index is 13.0. The quantitative estimate of drug-likeness (QED) is 0.490. The molecule has 0 heterocycles. The predicted octanol–water partition coefficient (Wildman–Crippen LogP) is 3.85. The molecule has 5 nitrogen and oxygen atoms in total. The molecular formula is C23H44N2O3. The smallest absolute Gasteiger partial charge is 0.244 e. The Morgan fingerprint density at radius 3 is 1.82 bits per heavy atom. The topological polar surface area (TPSA) is 78.4 Å². The van der Waals surface area contributed by atoms with Gasteiger partial charge in [-0.3, -0.25) is 9.59 Å². The summed E-state index contributed by atoms with van der Waals surface area (Å²) >= 11 is 0. The summed E-state index contributed by atoms with van der Waals surface area (Å²) < 4.78 is 0. The maximum atomic E-state index is 13.0. The lowest BCUT2D eigenvalue weighted by molar-refractivity contribution is -0.128. The Kier molecular flexibility index (Phi) is 8.69. The van der Waals surface area contributed by atoms with Gasteiger partial charge in [-0.05, 0) is 52.5 Å². The van der Waals surface area contributed by atoms with Crippen molar-refractivity contribution < 1.29 is 14.7 Å². The van der Waals surface area contributed by atoms with Crippen molar-refractivity contribution in [1.82, 2.24) is 10.6 Å². The first-order valence-corrected chi connectivity index (χ1v) is 10.3. The van der Waals surface area contributed by atoms with Gasteiger partial charge in [0, 0.05) is 12.3 Å². The van der Waals surface area contributed by atoms with Gasteiger partial charge in [0.1, 0.15) is 11.3 Å². The van der Waals surface area contributed by atoms with Crippen LogP contribution in [-0.4, -0.2) is 41.0 Å². The summed E-state index contributed by atoms with van der Waals surface area (Å²) in [7, 11) is 1.75. The number of Topliss-reactive ketones (excluding diaryl/α,β-unsaturated/α-hetero) is 1. The molecule has 0 aliphatic carbocycles. The van der Waals surface area contributed by atoms with Crippen molar-refractivity contribution in [1.29, 1.82) is 0 Å². The van der Waals surface area contributed by atoms with Gasteiger partial charge in [-0.25, -0.2) is 0 Å². The summed E-state index contributed by atoms with van der Waals surface area (Å²) in [6, 6.07) is 0. The second kappa shape index (κ2) is 9.08. The zero-order chi connectivity index (χ0) is 22.7. The minimum Gasteiger partial charge on any atom is -0.391 e. The van der Waals surface area contributed by atoms with Crippen molar-refractivity contribution in [3.8, 4) is 0 Å². The lowest BCUT2D eigenvalue weighted by Crippen LogP contribution is -2.60. The number of ketones is 1. The van der Waals surface area contributed by atoms with E-state index in [1.54, 1.807) is 27.8 Å². The van der Waals surface area contributed by atoms with E-state index in [2.05, 4.69) is 38.3 Å². The van der Waals surface area contributed by atoms with Crippen LogP contribution in [0.3, 0.4) is 0 Å². The Balaban J connectivity index is 5.84. The van der Waals surface area contributed by atoms with Gasteiger partial charge in [0.25, 0.3) is 0 Å². The van der Waals surface area contributed by atoms with Crippen LogP contribution in [-0.2, 0) is 9.59 Å². The fourth-order valence-electron chi connectivity index (χ4n) is 2.79. The Morgan fingerprint density at radius 1 is 1.00 bits per heavy atom. The van der Waals surface area contributed by atoms with Crippen LogP contribution in [0.15, 0.2) is 11.6 Å². The highest BCUT2D eigenvalue weighted by Gasteiger charge is 2.42. The standard InChI is InChI=1S/C23H44N2O3/c1-15(2)18(27)14-20(5,6)21(7,8)16(3)13-23(11,24-12)19(28)25-22(9,10)17(4)26/h13,15,17,24,26H,14H2,1-12H3,(H,25,28)/b16-13+/t17?,23-/m0/s1. The van der Waals surface area contributed by atoms with E-state index < -0.39 is 17.2 Å². The first-order valence-electron chi connectivity index (χ1n) is 10.3. The molecule has 164 valence electrons. The minimum atomic E-state index is -0.939. The molecular weight excluding hydrogens is 352 g/mol. The molecule has 5 heteroatoms. The first kappa shape index (κ1) is 26.8. The second-order valence-electron chi connectivity index (χ2n) is 10.4. The van der Waals surface area contributed by atoms with Gasteiger partial charge in [0.05, 0.1) is 11.6 Å². The molecule has 0 aromatic carbocycles. The van der Waals surface area contributed by atoms with Crippen molar-refractivity contribution in [3.05, 3.63) is 11.6 Å². The molecule has 3 N–H and O–H groups in total. The lowest BCUT2D eigenvalue weighted by Gasteiger charge is -2.44. The normalized spacial score (nSPS) is 17.3. The molecule has 0 bridgehead atoms. The van der Waals surface area contributed by atoms with Gasteiger partial charge in [0.2, 0.25) is 5.91 Å². The molecule has 2 atom stereocenters. The van der Waals surface area contributed by atoms with Crippen molar-refractivity contribution in [2.75, 3.05) is 7.05 Å². The minimum absolute atomic E-state index is 0.00964. The number of hydrogen-bond acceptors (Lipinski definition) is 4. The van der Waals surface area contributed by atoms with Crippen LogP contribution in [0.25, 0.3) is 0 Å². The first-order chi connectivity index (χ1) is 12.3. The molecule has 0 spiro atoms. The van der Waals surface area contributed by atoms with E-state index in [1.807, 2.05) is 33.8 Å². The summed E-state index contributed by atoms with van der Waals surface area (Å²) in [5, 5.41) is 16.0. The fraction of sp³-hybridized carbons (Fsp3) is 0.826. The van der Waals surface area contributed by atoms with Crippen LogP contribution in [0.4, 0.5) is 0 Å². The summed E-state index contributed by atoms with van der Waals surface area (Å²) in [4.78, 5) is 25.4. The Bertz CT molecular complexity index is 601. The average Bonchev–Trinajstić information content (AvgIpc) is 2.53. The van der Waals surface area contributed by atoms with Crippen molar-refractivity contribution in [2.45, 2.75) is 99.8 Å². The van der Waals surface area contributed by atoms with E-state index in [1.165, 1.54) is 0 Å². The lowest BCUT2D eigenvalue weighted by atomic mass is 9.61. The highest BCUT2D eigenvalue weighted by molar-refractivity contribution is 5.89. The molecule has 1 unspecified atom stereocenters. The molecule has 0 saturated carbocycles. The summed E-state index contributed by atoms with van der Waals surface area (Å²) in [5.74, 6) is 0.0567. The van der Waals surface area contributed by atoms with E-state index in [4.69, 9.17) is 0 Å². The molecule has 0 saturated heterocycles. The van der Waals surface area contributed by atoms with Gasteiger partial charge in [-0.15, -0.1) is 0 Å². The van der Waals surface area contributed by atoms with Gasteiger partial charge in [0.15, 0.2) is 0 Å². The third-order valence-electron chi connectivity index (χ3n) is 6.91. The number of likely N-dealkylation sites (N-methyl/N-ethyl adjacent to an activating group) is 1. The van der Waals surface area contributed by atoms with Gasteiger partial charge >= 0.3 is 0 Å². The zero-order valence-electron chi connectivity index (χ0n) is 20.2. The van der Waals surface area contributed by atoms with Crippen LogP contribution in [0, 0.1) is 16.7 Å². The SMILES string of the molecule is CN[C@@](C)(/C=C(\C)C(C)(C)C(C)(C)CC(=O)C(C)C)C(=O)NC(C)(C)C(C)O. The van der Waals surface area contributed by atoms with E-state index in [0.29, 0.717) is 6.42 Å². The molecule has 0 fully saturated rings. The molecule has 0 radical (unpaired) electrons. The number of amides is 1. The predicted molar refractivity (Wildman–Crippen MR) is 117 cm³/mol. The Hall–Kier alpha value is -1.20. The van der Waals surface area contributed by atoms with Crippen LogP contribution < -0.4 is 10.6 Å². The number of carbonyl (C=O) groups excluding carboxylic acids is 2. The van der Waals surface area contributed by atoms with Crippen molar-refractivity contribution in [3.63, 3.8) is 0 Å². The van der Waals surface area contributed by atoms with Crippen molar-refractivity contribution in [2.24, 2.45) is 16.7 Å². The molecule has 0 rings (SSSR count). The highest BCUT2D eigenvalue weighted by atomic mass is 16.3.